The molecule has 0 aromatic carbocycles. The van der Waals surface area contributed by atoms with Crippen LogP contribution in [0.1, 0.15) is 26.7 Å². The number of hydrogen-bond acceptors (Lipinski definition) is 4. The first-order chi connectivity index (χ1) is 9.50. The average molecular weight is 280 g/mol. The number of aromatic nitrogens is 3. The highest BCUT2D eigenvalue weighted by Crippen LogP contribution is 2.30. The molecule has 0 bridgehead atoms. The molecule has 3 atom stereocenters. The number of carbonyl (C=O) groups is 2. The van der Waals surface area contributed by atoms with Crippen LogP contribution in [0, 0.1) is 11.8 Å². The molecule has 1 aromatic heterocycles. The molecule has 1 aliphatic rings. The number of aliphatic carboxylic acids is 1. The molecule has 0 saturated carbocycles. The van der Waals surface area contributed by atoms with Gasteiger partial charge in [-0.15, -0.1) is 5.10 Å². The minimum absolute atomic E-state index is 0.0427. The predicted molar refractivity (Wildman–Crippen MR) is 70.7 cm³/mol. The summed E-state index contributed by atoms with van der Waals surface area (Å²) in [6.45, 7) is 4.88. The smallest absolute Gasteiger partial charge is 0.308 e. The Morgan fingerprint density at radius 3 is 2.80 bits per heavy atom. The second kappa shape index (κ2) is 6.02. The van der Waals surface area contributed by atoms with Crippen molar-refractivity contribution in [2.75, 3.05) is 6.54 Å². The Hall–Kier alpha value is -1.92. The third-order valence-electron chi connectivity index (χ3n) is 3.98. The molecule has 3 unspecified atom stereocenters. The Balaban J connectivity index is 1.95. The molecule has 7 nitrogen and oxygen atoms in total. The van der Waals surface area contributed by atoms with Gasteiger partial charge in [0.2, 0.25) is 5.91 Å². The molecular weight excluding hydrogens is 260 g/mol. The Morgan fingerprint density at radius 1 is 1.45 bits per heavy atom. The molecule has 0 aliphatic carbocycles. The lowest BCUT2D eigenvalue weighted by Crippen LogP contribution is -2.53. The predicted octanol–water partition coefficient (Wildman–Crippen LogP) is 0.626. The van der Waals surface area contributed by atoms with Gasteiger partial charge in [-0.2, -0.15) is 0 Å². The molecule has 0 radical (unpaired) electrons. The molecule has 1 amide bonds. The first kappa shape index (κ1) is 14.5. The number of piperidine rings is 1. The minimum atomic E-state index is -0.821. The quantitative estimate of drug-likeness (QED) is 0.854. The van der Waals surface area contributed by atoms with Gasteiger partial charge in [0.25, 0.3) is 0 Å². The Bertz CT molecular complexity index is 474. The highest BCUT2D eigenvalue weighted by atomic mass is 16.4. The van der Waals surface area contributed by atoms with Gasteiger partial charge in [-0.25, -0.2) is 0 Å². The molecule has 1 aliphatic heterocycles. The summed E-state index contributed by atoms with van der Waals surface area (Å²) in [6, 6.07) is -0.264. The van der Waals surface area contributed by atoms with Crippen molar-refractivity contribution in [3.8, 4) is 0 Å². The highest BCUT2D eigenvalue weighted by molar-refractivity contribution is 5.81. The van der Waals surface area contributed by atoms with Crippen molar-refractivity contribution in [1.82, 2.24) is 19.9 Å². The van der Waals surface area contributed by atoms with Gasteiger partial charge >= 0.3 is 5.97 Å². The lowest BCUT2D eigenvalue weighted by molar-refractivity contribution is -0.154. The molecule has 2 heterocycles. The number of rotatable bonds is 5. The van der Waals surface area contributed by atoms with Crippen LogP contribution in [0.3, 0.4) is 0 Å². The zero-order valence-corrected chi connectivity index (χ0v) is 11.8. The second-order valence-corrected chi connectivity index (χ2v) is 5.39. The van der Waals surface area contributed by atoms with E-state index in [0.29, 0.717) is 19.5 Å². The number of amides is 1. The van der Waals surface area contributed by atoms with Crippen LogP contribution in [0.5, 0.6) is 0 Å². The fraction of sp³-hybridized carbons (Fsp3) is 0.692. The van der Waals surface area contributed by atoms with Crippen molar-refractivity contribution >= 4 is 11.9 Å². The molecule has 1 aromatic rings. The molecule has 20 heavy (non-hydrogen) atoms. The van der Waals surface area contributed by atoms with Crippen LogP contribution < -0.4 is 0 Å². The van der Waals surface area contributed by atoms with E-state index in [1.54, 1.807) is 22.0 Å². The fourth-order valence-corrected chi connectivity index (χ4v) is 2.95. The van der Waals surface area contributed by atoms with Crippen LogP contribution in [0.15, 0.2) is 12.4 Å². The SMILES string of the molecule is CC1CC(=O)N(CCCn2ccnn2)C(C)C1C(=O)O. The Labute approximate surface area is 117 Å². The van der Waals surface area contributed by atoms with Crippen LogP contribution >= 0.6 is 0 Å². The lowest BCUT2D eigenvalue weighted by Gasteiger charge is -2.40. The van der Waals surface area contributed by atoms with Gasteiger partial charge in [0, 0.05) is 31.7 Å². The van der Waals surface area contributed by atoms with E-state index in [1.165, 1.54) is 0 Å². The number of nitrogens with zero attached hydrogens (tertiary/aromatic N) is 4. The van der Waals surface area contributed by atoms with Gasteiger partial charge in [-0.3, -0.25) is 14.3 Å². The summed E-state index contributed by atoms with van der Waals surface area (Å²) in [6.07, 6.45) is 4.42. The number of carboxylic acids is 1. The van der Waals surface area contributed by atoms with Gasteiger partial charge in [-0.05, 0) is 19.3 Å². The standard InChI is InChI=1S/C13H20N4O3/c1-9-8-11(18)17(10(2)12(9)13(19)20)6-3-5-16-7-4-14-15-16/h4,7,9-10,12H,3,5-6,8H2,1-2H3,(H,19,20). The zero-order valence-electron chi connectivity index (χ0n) is 11.8. The van der Waals surface area contributed by atoms with Gasteiger partial charge in [-0.1, -0.05) is 12.1 Å². The fourth-order valence-electron chi connectivity index (χ4n) is 2.95. The van der Waals surface area contributed by atoms with E-state index in [9.17, 15) is 14.7 Å². The summed E-state index contributed by atoms with van der Waals surface area (Å²) in [7, 11) is 0. The molecule has 2 rings (SSSR count). The van der Waals surface area contributed by atoms with Crippen LogP contribution in [-0.2, 0) is 16.1 Å². The maximum atomic E-state index is 12.1. The molecule has 1 fully saturated rings. The lowest BCUT2D eigenvalue weighted by atomic mass is 9.81. The Kier molecular flexibility index (Phi) is 4.36. The van der Waals surface area contributed by atoms with Gasteiger partial charge in [0.05, 0.1) is 12.1 Å². The second-order valence-electron chi connectivity index (χ2n) is 5.39. The number of likely N-dealkylation sites (tertiary alicyclic amines) is 1. The maximum absolute atomic E-state index is 12.1. The highest BCUT2D eigenvalue weighted by Gasteiger charge is 2.41. The van der Waals surface area contributed by atoms with Gasteiger partial charge in [0.1, 0.15) is 0 Å². The number of hydrogen-bond donors (Lipinski definition) is 1. The summed E-state index contributed by atoms with van der Waals surface area (Å²) in [4.78, 5) is 25.1. The zero-order chi connectivity index (χ0) is 14.7. The molecule has 1 saturated heterocycles. The minimum Gasteiger partial charge on any atom is -0.481 e. The first-order valence-electron chi connectivity index (χ1n) is 6.87. The van der Waals surface area contributed by atoms with E-state index in [2.05, 4.69) is 10.3 Å². The molecule has 7 heteroatoms. The van der Waals surface area contributed by atoms with Gasteiger partial charge in [0.15, 0.2) is 0 Å². The number of carbonyl (C=O) groups excluding carboxylic acids is 1. The van der Waals surface area contributed by atoms with Gasteiger partial charge < -0.3 is 10.0 Å². The Morgan fingerprint density at radius 2 is 2.20 bits per heavy atom. The van der Waals surface area contributed by atoms with E-state index < -0.39 is 11.9 Å². The van der Waals surface area contributed by atoms with Crippen molar-refractivity contribution in [2.24, 2.45) is 11.8 Å². The molecule has 110 valence electrons. The monoisotopic (exact) mass is 280 g/mol. The summed E-state index contributed by atoms with van der Waals surface area (Å²) >= 11 is 0. The maximum Gasteiger partial charge on any atom is 0.308 e. The van der Waals surface area contributed by atoms with E-state index >= 15 is 0 Å². The van der Waals surface area contributed by atoms with Crippen molar-refractivity contribution in [3.05, 3.63) is 12.4 Å². The van der Waals surface area contributed by atoms with E-state index in [4.69, 9.17) is 0 Å². The third-order valence-corrected chi connectivity index (χ3v) is 3.98. The van der Waals surface area contributed by atoms with Crippen LogP contribution in [0.2, 0.25) is 0 Å². The van der Waals surface area contributed by atoms with E-state index in [1.807, 2.05) is 13.8 Å². The summed E-state index contributed by atoms with van der Waals surface area (Å²) in [5.41, 5.74) is 0. The van der Waals surface area contributed by atoms with Crippen molar-refractivity contribution < 1.29 is 14.7 Å². The van der Waals surface area contributed by atoms with Crippen LogP contribution in [-0.4, -0.2) is 49.5 Å². The number of aryl methyl sites for hydroxylation is 1. The van der Waals surface area contributed by atoms with Crippen LogP contribution in [0.4, 0.5) is 0 Å². The largest absolute Gasteiger partial charge is 0.481 e. The third kappa shape index (κ3) is 2.97. The molecule has 0 spiro atoms. The molecular formula is C13H20N4O3. The topological polar surface area (TPSA) is 88.3 Å². The van der Waals surface area contributed by atoms with E-state index in [-0.39, 0.29) is 17.9 Å². The van der Waals surface area contributed by atoms with Crippen molar-refractivity contribution in [1.29, 1.82) is 0 Å². The van der Waals surface area contributed by atoms with Crippen molar-refractivity contribution in [2.45, 2.75) is 39.3 Å². The molecule has 1 N–H and O–H groups in total. The number of carboxylic acid groups (broad SMARTS) is 1. The van der Waals surface area contributed by atoms with Crippen molar-refractivity contribution in [3.63, 3.8) is 0 Å². The van der Waals surface area contributed by atoms with E-state index in [0.717, 1.165) is 6.42 Å². The average Bonchev–Trinajstić information content (AvgIpc) is 2.85. The normalized spacial score (nSPS) is 26.8. The summed E-state index contributed by atoms with van der Waals surface area (Å²) in [5.74, 6) is -1.37. The summed E-state index contributed by atoms with van der Waals surface area (Å²) < 4.78 is 1.70. The first-order valence-corrected chi connectivity index (χ1v) is 6.87. The summed E-state index contributed by atoms with van der Waals surface area (Å²) in [5, 5.41) is 16.9. The van der Waals surface area contributed by atoms with Crippen LogP contribution in [0.25, 0.3) is 0 Å².